The lowest BCUT2D eigenvalue weighted by Gasteiger charge is -2.32. The van der Waals surface area contributed by atoms with Crippen LogP contribution in [-0.2, 0) is 0 Å². The fourth-order valence-corrected chi connectivity index (χ4v) is 2.07. The molecule has 1 heterocycles. The Kier molecular flexibility index (Phi) is 3.86. The highest BCUT2D eigenvalue weighted by Gasteiger charge is 2.28. The lowest BCUT2D eigenvalue weighted by Crippen LogP contribution is -2.51. The molecule has 1 aliphatic heterocycles. The van der Waals surface area contributed by atoms with Gasteiger partial charge in [-0.1, -0.05) is 26.0 Å². The first-order chi connectivity index (χ1) is 8.20. The van der Waals surface area contributed by atoms with Gasteiger partial charge in [-0.05, 0) is 24.5 Å². The normalized spacial score (nSPS) is 20.4. The molecule has 0 saturated heterocycles. The summed E-state index contributed by atoms with van der Waals surface area (Å²) < 4.78 is 11.6. The number of fused-ring (bicyclic) bond motifs is 1. The van der Waals surface area contributed by atoms with Gasteiger partial charge in [0.05, 0.1) is 6.04 Å². The van der Waals surface area contributed by atoms with Gasteiger partial charge in [0.25, 0.3) is 0 Å². The van der Waals surface area contributed by atoms with Crippen LogP contribution >= 0.6 is 0 Å². The second-order valence-corrected chi connectivity index (χ2v) is 4.82. The summed E-state index contributed by atoms with van der Waals surface area (Å²) in [5.41, 5.74) is 2.83. The first-order valence-corrected chi connectivity index (χ1v) is 6.05. The Labute approximate surface area is 102 Å². The van der Waals surface area contributed by atoms with Gasteiger partial charge < -0.3 is 9.47 Å². The molecule has 94 valence electrons. The SMILES string of the molecule is CC(C)CC(NN)C1COc2ccccc2O1. The van der Waals surface area contributed by atoms with E-state index in [-0.39, 0.29) is 12.1 Å². The molecular weight excluding hydrogens is 216 g/mol. The van der Waals surface area contributed by atoms with Crippen LogP contribution in [0.1, 0.15) is 20.3 Å². The third kappa shape index (κ3) is 2.90. The molecule has 0 aromatic heterocycles. The van der Waals surface area contributed by atoms with Crippen molar-refractivity contribution in [1.29, 1.82) is 0 Å². The third-order valence-electron chi connectivity index (χ3n) is 2.92. The van der Waals surface area contributed by atoms with Crippen LogP contribution in [-0.4, -0.2) is 18.8 Å². The number of rotatable bonds is 4. The molecule has 2 atom stereocenters. The standard InChI is InChI=1S/C13H20N2O2/c1-9(2)7-10(15-14)13-8-16-11-5-3-4-6-12(11)17-13/h3-6,9-10,13,15H,7-8,14H2,1-2H3. The van der Waals surface area contributed by atoms with Crippen LogP contribution in [0.2, 0.25) is 0 Å². The van der Waals surface area contributed by atoms with Crippen LogP contribution in [0.4, 0.5) is 0 Å². The highest BCUT2D eigenvalue weighted by Crippen LogP contribution is 2.32. The molecule has 0 radical (unpaired) electrons. The topological polar surface area (TPSA) is 56.5 Å². The van der Waals surface area contributed by atoms with Crippen molar-refractivity contribution < 1.29 is 9.47 Å². The van der Waals surface area contributed by atoms with Crippen LogP contribution in [0, 0.1) is 5.92 Å². The number of hydrazine groups is 1. The number of nitrogens with one attached hydrogen (secondary N) is 1. The summed E-state index contributed by atoms with van der Waals surface area (Å²) in [6.07, 6.45) is 0.935. The van der Waals surface area contributed by atoms with Gasteiger partial charge in [-0.15, -0.1) is 0 Å². The number of hydrogen-bond donors (Lipinski definition) is 2. The number of hydrogen-bond acceptors (Lipinski definition) is 4. The van der Waals surface area contributed by atoms with Crippen LogP contribution < -0.4 is 20.7 Å². The molecule has 0 saturated carbocycles. The number of ether oxygens (including phenoxy) is 2. The Morgan fingerprint density at radius 2 is 2.06 bits per heavy atom. The number of nitrogens with two attached hydrogens (primary N) is 1. The Morgan fingerprint density at radius 3 is 2.71 bits per heavy atom. The van der Waals surface area contributed by atoms with Gasteiger partial charge in [-0.2, -0.15) is 0 Å². The zero-order valence-corrected chi connectivity index (χ0v) is 10.3. The van der Waals surface area contributed by atoms with Crippen molar-refractivity contribution in [2.75, 3.05) is 6.61 Å². The van der Waals surface area contributed by atoms with Crippen LogP contribution in [0.3, 0.4) is 0 Å². The molecular formula is C13H20N2O2. The fourth-order valence-electron chi connectivity index (χ4n) is 2.07. The van der Waals surface area contributed by atoms with Crippen LogP contribution in [0.5, 0.6) is 11.5 Å². The first kappa shape index (κ1) is 12.2. The summed E-state index contributed by atoms with van der Waals surface area (Å²) in [7, 11) is 0. The van der Waals surface area contributed by atoms with E-state index in [0.29, 0.717) is 12.5 Å². The molecule has 17 heavy (non-hydrogen) atoms. The van der Waals surface area contributed by atoms with Gasteiger partial charge in [0.2, 0.25) is 0 Å². The van der Waals surface area contributed by atoms with Crippen molar-refractivity contribution in [3.05, 3.63) is 24.3 Å². The third-order valence-corrected chi connectivity index (χ3v) is 2.92. The summed E-state index contributed by atoms with van der Waals surface area (Å²) >= 11 is 0. The monoisotopic (exact) mass is 236 g/mol. The average molecular weight is 236 g/mol. The molecule has 2 unspecified atom stereocenters. The minimum atomic E-state index is -0.0303. The maximum absolute atomic E-state index is 5.92. The second kappa shape index (κ2) is 5.38. The maximum atomic E-state index is 5.92. The Balaban J connectivity index is 2.05. The molecule has 1 aliphatic rings. The summed E-state index contributed by atoms with van der Waals surface area (Å²) in [6.45, 7) is 4.88. The highest BCUT2D eigenvalue weighted by molar-refractivity contribution is 5.40. The van der Waals surface area contributed by atoms with Gasteiger partial charge in [0.15, 0.2) is 11.5 Å². The van der Waals surface area contributed by atoms with Gasteiger partial charge >= 0.3 is 0 Å². The lowest BCUT2D eigenvalue weighted by molar-refractivity contribution is 0.0559. The smallest absolute Gasteiger partial charge is 0.161 e. The van der Waals surface area contributed by atoms with E-state index in [4.69, 9.17) is 15.3 Å². The van der Waals surface area contributed by atoms with Crippen molar-refractivity contribution in [3.8, 4) is 11.5 Å². The predicted molar refractivity (Wildman–Crippen MR) is 66.9 cm³/mol. The van der Waals surface area contributed by atoms with Crippen molar-refractivity contribution in [2.24, 2.45) is 11.8 Å². The summed E-state index contributed by atoms with van der Waals surface area (Å²) in [4.78, 5) is 0. The Morgan fingerprint density at radius 1 is 1.35 bits per heavy atom. The second-order valence-electron chi connectivity index (χ2n) is 4.82. The molecule has 0 aliphatic carbocycles. The number of benzene rings is 1. The van der Waals surface area contributed by atoms with Crippen molar-refractivity contribution in [3.63, 3.8) is 0 Å². The van der Waals surface area contributed by atoms with Gasteiger partial charge in [-0.3, -0.25) is 11.3 Å². The Hall–Kier alpha value is -1.26. The minimum absolute atomic E-state index is 0.0303. The zero-order chi connectivity index (χ0) is 12.3. The lowest BCUT2D eigenvalue weighted by atomic mass is 9.99. The molecule has 4 heteroatoms. The highest BCUT2D eigenvalue weighted by atomic mass is 16.6. The summed E-state index contributed by atoms with van der Waals surface area (Å²) in [6, 6.07) is 7.83. The molecule has 3 N–H and O–H groups in total. The molecule has 0 amide bonds. The molecule has 0 spiro atoms. The molecule has 0 bridgehead atoms. The van der Waals surface area contributed by atoms with E-state index in [0.717, 1.165) is 17.9 Å². The predicted octanol–water partition coefficient (Wildman–Crippen LogP) is 1.70. The minimum Gasteiger partial charge on any atom is -0.486 e. The van der Waals surface area contributed by atoms with E-state index in [1.54, 1.807) is 0 Å². The average Bonchev–Trinajstić information content (AvgIpc) is 2.35. The Bertz CT molecular complexity index is 368. The quantitative estimate of drug-likeness (QED) is 0.617. The number of para-hydroxylation sites is 2. The first-order valence-electron chi connectivity index (χ1n) is 6.05. The van der Waals surface area contributed by atoms with E-state index in [1.807, 2.05) is 24.3 Å². The van der Waals surface area contributed by atoms with E-state index < -0.39 is 0 Å². The molecule has 1 aromatic rings. The molecule has 4 nitrogen and oxygen atoms in total. The molecule has 1 aromatic carbocycles. The van der Waals surface area contributed by atoms with E-state index in [9.17, 15) is 0 Å². The van der Waals surface area contributed by atoms with Crippen molar-refractivity contribution >= 4 is 0 Å². The van der Waals surface area contributed by atoms with Gasteiger partial charge in [-0.25, -0.2) is 0 Å². The fraction of sp³-hybridized carbons (Fsp3) is 0.538. The van der Waals surface area contributed by atoms with Crippen LogP contribution in [0.15, 0.2) is 24.3 Å². The van der Waals surface area contributed by atoms with Crippen molar-refractivity contribution in [1.82, 2.24) is 5.43 Å². The van der Waals surface area contributed by atoms with E-state index in [1.165, 1.54) is 0 Å². The van der Waals surface area contributed by atoms with Crippen molar-refractivity contribution in [2.45, 2.75) is 32.4 Å². The van der Waals surface area contributed by atoms with E-state index >= 15 is 0 Å². The van der Waals surface area contributed by atoms with E-state index in [2.05, 4.69) is 19.3 Å². The summed E-state index contributed by atoms with van der Waals surface area (Å²) in [5.74, 6) is 7.76. The van der Waals surface area contributed by atoms with Gasteiger partial charge in [0.1, 0.15) is 12.7 Å². The largest absolute Gasteiger partial charge is 0.486 e. The van der Waals surface area contributed by atoms with Gasteiger partial charge in [0, 0.05) is 0 Å². The molecule has 2 rings (SSSR count). The zero-order valence-electron chi connectivity index (χ0n) is 10.3. The van der Waals surface area contributed by atoms with Crippen LogP contribution in [0.25, 0.3) is 0 Å². The summed E-state index contributed by atoms with van der Waals surface area (Å²) in [5, 5.41) is 0. The maximum Gasteiger partial charge on any atom is 0.161 e. The molecule has 0 fully saturated rings.